The molecule has 0 radical (unpaired) electrons. The average Bonchev–Trinajstić information content (AvgIpc) is 2.55. The number of carbonyl (C=O) groups excluding carboxylic acids is 1. The minimum Gasteiger partial charge on any atom is -0.380 e. The average molecular weight is 185 g/mol. The number of carbonyl (C=O) groups is 1. The summed E-state index contributed by atoms with van der Waals surface area (Å²) in [5.74, 6) is 0.458. The standard InChI is InChI=1S/C10H19NO2/c1-8(2)10(12)6-11(3)9-4-5-13-7-9/h8-9H,4-7H2,1-3H3. The topological polar surface area (TPSA) is 29.5 Å². The van der Waals surface area contributed by atoms with Crippen molar-refractivity contribution in [1.29, 1.82) is 0 Å². The zero-order chi connectivity index (χ0) is 9.84. The molecule has 1 aliphatic heterocycles. The molecule has 1 unspecified atom stereocenters. The van der Waals surface area contributed by atoms with E-state index in [9.17, 15) is 4.79 Å². The van der Waals surface area contributed by atoms with Crippen LogP contribution in [0.15, 0.2) is 0 Å². The van der Waals surface area contributed by atoms with Crippen molar-refractivity contribution in [3.05, 3.63) is 0 Å². The van der Waals surface area contributed by atoms with Crippen LogP contribution in [0, 0.1) is 5.92 Å². The van der Waals surface area contributed by atoms with E-state index in [-0.39, 0.29) is 5.92 Å². The lowest BCUT2D eigenvalue weighted by molar-refractivity contribution is -0.123. The van der Waals surface area contributed by atoms with E-state index < -0.39 is 0 Å². The van der Waals surface area contributed by atoms with Gasteiger partial charge in [0.25, 0.3) is 0 Å². The largest absolute Gasteiger partial charge is 0.380 e. The van der Waals surface area contributed by atoms with Crippen LogP contribution in [0.3, 0.4) is 0 Å². The first-order valence-electron chi connectivity index (χ1n) is 4.92. The Bertz CT molecular complexity index is 174. The van der Waals surface area contributed by atoms with Gasteiger partial charge in [0, 0.05) is 18.6 Å². The molecule has 0 aliphatic carbocycles. The number of ether oxygens (including phenoxy) is 1. The lowest BCUT2D eigenvalue weighted by Gasteiger charge is -2.22. The number of Topliss-reactive ketones (excluding diaryl/α,β-unsaturated/α-hetero) is 1. The minimum absolute atomic E-state index is 0.143. The molecule has 1 rings (SSSR count). The fourth-order valence-electron chi connectivity index (χ4n) is 1.43. The van der Waals surface area contributed by atoms with E-state index in [1.165, 1.54) is 0 Å². The summed E-state index contributed by atoms with van der Waals surface area (Å²) < 4.78 is 5.27. The molecular formula is C10H19NO2. The summed E-state index contributed by atoms with van der Waals surface area (Å²) >= 11 is 0. The van der Waals surface area contributed by atoms with Crippen molar-refractivity contribution >= 4 is 5.78 Å². The Kier molecular flexibility index (Phi) is 3.88. The van der Waals surface area contributed by atoms with E-state index in [0.717, 1.165) is 19.6 Å². The van der Waals surface area contributed by atoms with Crippen LogP contribution in [0.4, 0.5) is 0 Å². The van der Waals surface area contributed by atoms with E-state index in [2.05, 4.69) is 4.90 Å². The summed E-state index contributed by atoms with van der Waals surface area (Å²) in [5.41, 5.74) is 0. The van der Waals surface area contributed by atoms with Crippen LogP contribution < -0.4 is 0 Å². The summed E-state index contributed by atoms with van der Waals surface area (Å²) in [6.45, 7) is 6.07. The van der Waals surface area contributed by atoms with Gasteiger partial charge < -0.3 is 4.74 Å². The molecule has 0 aromatic carbocycles. The van der Waals surface area contributed by atoms with Crippen LogP contribution in [0.25, 0.3) is 0 Å². The van der Waals surface area contributed by atoms with Crippen molar-refractivity contribution in [1.82, 2.24) is 4.90 Å². The zero-order valence-corrected chi connectivity index (χ0v) is 8.75. The van der Waals surface area contributed by atoms with Crippen LogP contribution in [-0.2, 0) is 9.53 Å². The monoisotopic (exact) mass is 185 g/mol. The van der Waals surface area contributed by atoms with Gasteiger partial charge in [0.05, 0.1) is 13.2 Å². The molecule has 1 fully saturated rings. The third-order valence-electron chi connectivity index (χ3n) is 2.58. The molecule has 76 valence electrons. The van der Waals surface area contributed by atoms with Crippen LogP contribution in [0.2, 0.25) is 0 Å². The molecule has 0 aromatic rings. The minimum atomic E-state index is 0.143. The van der Waals surface area contributed by atoms with Gasteiger partial charge in [0.15, 0.2) is 0 Å². The third kappa shape index (κ3) is 3.08. The fraction of sp³-hybridized carbons (Fsp3) is 0.900. The summed E-state index contributed by atoms with van der Waals surface area (Å²) in [7, 11) is 2.00. The van der Waals surface area contributed by atoms with Gasteiger partial charge in [-0.25, -0.2) is 0 Å². The van der Waals surface area contributed by atoms with E-state index in [4.69, 9.17) is 4.74 Å². The predicted octanol–water partition coefficient (Wildman–Crippen LogP) is 0.932. The second-order valence-corrected chi connectivity index (χ2v) is 4.05. The predicted molar refractivity (Wildman–Crippen MR) is 51.7 cm³/mol. The number of rotatable bonds is 4. The molecule has 1 saturated heterocycles. The lowest BCUT2D eigenvalue weighted by Crippen LogP contribution is -2.37. The molecule has 0 saturated carbocycles. The summed E-state index contributed by atoms with van der Waals surface area (Å²) in [5, 5.41) is 0. The Morgan fingerprint density at radius 2 is 2.31 bits per heavy atom. The molecule has 1 aliphatic rings. The van der Waals surface area contributed by atoms with Gasteiger partial charge in [0.1, 0.15) is 5.78 Å². The van der Waals surface area contributed by atoms with Gasteiger partial charge in [-0.05, 0) is 13.5 Å². The summed E-state index contributed by atoms with van der Waals surface area (Å²) in [4.78, 5) is 13.5. The molecule has 0 spiro atoms. The SMILES string of the molecule is CC(C)C(=O)CN(C)C1CCOC1. The highest BCUT2D eigenvalue weighted by molar-refractivity contribution is 5.82. The van der Waals surface area contributed by atoms with Crippen molar-refractivity contribution in [2.75, 3.05) is 26.8 Å². The first kappa shape index (κ1) is 10.7. The van der Waals surface area contributed by atoms with E-state index in [1.807, 2.05) is 20.9 Å². The Labute approximate surface area is 80.1 Å². The van der Waals surface area contributed by atoms with Crippen molar-refractivity contribution in [3.63, 3.8) is 0 Å². The molecule has 0 aromatic heterocycles. The second kappa shape index (κ2) is 4.72. The van der Waals surface area contributed by atoms with E-state index in [0.29, 0.717) is 18.4 Å². The highest BCUT2D eigenvalue weighted by Gasteiger charge is 2.22. The van der Waals surface area contributed by atoms with Gasteiger partial charge in [-0.2, -0.15) is 0 Å². The maximum Gasteiger partial charge on any atom is 0.149 e. The Morgan fingerprint density at radius 3 is 2.77 bits per heavy atom. The molecule has 0 N–H and O–H groups in total. The van der Waals surface area contributed by atoms with Gasteiger partial charge in [-0.1, -0.05) is 13.8 Å². The Morgan fingerprint density at radius 1 is 1.62 bits per heavy atom. The normalized spacial score (nSPS) is 23.0. The zero-order valence-electron chi connectivity index (χ0n) is 8.75. The summed E-state index contributed by atoms with van der Waals surface area (Å²) in [6.07, 6.45) is 1.06. The van der Waals surface area contributed by atoms with Crippen LogP contribution in [0.5, 0.6) is 0 Å². The molecule has 1 heterocycles. The molecule has 0 amide bonds. The smallest absolute Gasteiger partial charge is 0.149 e. The number of hydrogen-bond acceptors (Lipinski definition) is 3. The van der Waals surface area contributed by atoms with Crippen molar-refractivity contribution < 1.29 is 9.53 Å². The molecule has 3 heteroatoms. The second-order valence-electron chi connectivity index (χ2n) is 4.05. The first-order valence-corrected chi connectivity index (χ1v) is 4.92. The lowest BCUT2D eigenvalue weighted by atomic mass is 10.1. The number of ketones is 1. The maximum absolute atomic E-state index is 11.4. The van der Waals surface area contributed by atoms with Crippen molar-refractivity contribution in [2.24, 2.45) is 5.92 Å². The quantitative estimate of drug-likeness (QED) is 0.652. The highest BCUT2D eigenvalue weighted by Crippen LogP contribution is 2.10. The Hall–Kier alpha value is -0.410. The maximum atomic E-state index is 11.4. The van der Waals surface area contributed by atoms with Crippen molar-refractivity contribution in [3.8, 4) is 0 Å². The summed E-state index contributed by atoms with van der Waals surface area (Å²) in [6, 6.07) is 0.447. The number of nitrogens with zero attached hydrogens (tertiary/aromatic N) is 1. The molecule has 3 nitrogen and oxygen atoms in total. The fourth-order valence-corrected chi connectivity index (χ4v) is 1.43. The third-order valence-corrected chi connectivity index (χ3v) is 2.58. The van der Waals surface area contributed by atoms with Crippen LogP contribution >= 0.6 is 0 Å². The molecule has 1 atom stereocenters. The van der Waals surface area contributed by atoms with Gasteiger partial charge in [-0.15, -0.1) is 0 Å². The van der Waals surface area contributed by atoms with Gasteiger partial charge in [-0.3, -0.25) is 9.69 Å². The van der Waals surface area contributed by atoms with E-state index in [1.54, 1.807) is 0 Å². The molecule has 0 bridgehead atoms. The molecular weight excluding hydrogens is 166 g/mol. The number of likely N-dealkylation sites (N-methyl/N-ethyl adjacent to an activating group) is 1. The first-order chi connectivity index (χ1) is 6.11. The van der Waals surface area contributed by atoms with Crippen LogP contribution in [-0.4, -0.2) is 43.5 Å². The van der Waals surface area contributed by atoms with Crippen molar-refractivity contribution in [2.45, 2.75) is 26.3 Å². The van der Waals surface area contributed by atoms with Crippen LogP contribution in [0.1, 0.15) is 20.3 Å². The van der Waals surface area contributed by atoms with Gasteiger partial charge in [0.2, 0.25) is 0 Å². The molecule has 13 heavy (non-hydrogen) atoms. The van der Waals surface area contributed by atoms with Gasteiger partial charge >= 0.3 is 0 Å². The number of hydrogen-bond donors (Lipinski definition) is 0. The Balaban J connectivity index is 2.31. The highest BCUT2D eigenvalue weighted by atomic mass is 16.5. The van der Waals surface area contributed by atoms with E-state index >= 15 is 0 Å².